The summed E-state index contributed by atoms with van der Waals surface area (Å²) in [5.41, 5.74) is 0.0729. The molecule has 23 heavy (non-hydrogen) atoms. The quantitative estimate of drug-likeness (QED) is 0.903. The molecule has 3 heterocycles. The SMILES string of the molecule is CC1(C)CCCNC1C(=O)N1CCN(Cc2cccs2)CC1.Cl. The van der Waals surface area contributed by atoms with Gasteiger partial charge in [0.2, 0.25) is 5.91 Å². The minimum absolute atomic E-state index is 0. The maximum absolute atomic E-state index is 12.8. The fourth-order valence-corrected chi connectivity index (χ4v) is 4.31. The predicted molar refractivity (Wildman–Crippen MR) is 98.2 cm³/mol. The molecule has 0 aliphatic carbocycles. The normalized spacial score (nSPS) is 25.0. The fraction of sp³-hybridized carbons (Fsp3) is 0.706. The second kappa shape index (κ2) is 7.97. The molecule has 2 saturated heterocycles. The molecular formula is C17H28ClN3OS. The summed E-state index contributed by atoms with van der Waals surface area (Å²) < 4.78 is 0. The molecule has 130 valence electrons. The molecule has 0 radical (unpaired) electrons. The van der Waals surface area contributed by atoms with Gasteiger partial charge < -0.3 is 10.2 Å². The highest BCUT2D eigenvalue weighted by Crippen LogP contribution is 2.31. The number of nitrogens with zero attached hydrogens (tertiary/aromatic N) is 2. The zero-order valence-corrected chi connectivity index (χ0v) is 15.7. The number of carbonyl (C=O) groups is 1. The molecule has 3 rings (SSSR count). The molecule has 2 aliphatic rings. The Kier molecular flexibility index (Phi) is 6.48. The molecule has 0 saturated carbocycles. The number of piperazine rings is 1. The zero-order valence-electron chi connectivity index (χ0n) is 14.1. The van der Waals surface area contributed by atoms with Gasteiger partial charge >= 0.3 is 0 Å². The first-order chi connectivity index (χ1) is 10.6. The van der Waals surface area contributed by atoms with Crippen molar-refractivity contribution in [2.45, 2.75) is 39.3 Å². The number of thiophene rings is 1. The average molecular weight is 358 g/mol. The van der Waals surface area contributed by atoms with E-state index in [4.69, 9.17) is 0 Å². The number of hydrogen-bond donors (Lipinski definition) is 1. The first-order valence-corrected chi connectivity index (χ1v) is 9.21. The van der Waals surface area contributed by atoms with E-state index in [9.17, 15) is 4.79 Å². The lowest BCUT2D eigenvalue weighted by Gasteiger charge is -2.43. The minimum Gasteiger partial charge on any atom is -0.339 e. The van der Waals surface area contributed by atoms with Crippen LogP contribution in [0.2, 0.25) is 0 Å². The highest BCUT2D eigenvalue weighted by atomic mass is 35.5. The molecule has 1 unspecified atom stereocenters. The van der Waals surface area contributed by atoms with Gasteiger partial charge in [0.15, 0.2) is 0 Å². The van der Waals surface area contributed by atoms with E-state index in [1.54, 1.807) is 0 Å². The highest BCUT2D eigenvalue weighted by Gasteiger charge is 2.39. The van der Waals surface area contributed by atoms with E-state index >= 15 is 0 Å². The van der Waals surface area contributed by atoms with Crippen LogP contribution in [0.4, 0.5) is 0 Å². The van der Waals surface area contributed by atoms with Crippen molar-refractivity contribution in [1.82, 2.24) is 15.1 Å². The van der Waals surface area contributed by atoms with Crippen LogP contribution >= 0.6 is 23.7 Å². The van der Waals surface area contributed by atoms with Gasteiger partial charge in [-0.2, -0.15) is 0 Å². The summed E-state index contributed by atoms with van der Waals surface area (Å²) in [5.74, 6) is 0.306. The predicted octanol–water partition coefficient (Wildman–Crippen LogP) is 2.59. The molecule has 1 N–H and O–H groups in total. The van der Waals surface area contributed by atoms with Gasteiger partial charge in [-0.1, -0.05) is 19.9 Å². The van der Waals surface area contributed by atoms with E-state index in [2.05, 4.69) is 46.5 Å². The van der Waals surface area contributed by atoms with Crippen LogP contribution in [0, 0.1) is 5.41 Å². The number of piperidine rings is 1. The molecule has 1 amide bonds. The molecule has 0 bridgehead atoms. The number of halogens is 1. The first kappa shape index (κ1) is 18.7. The molecular weight excluding hydrogens is 330 g/mol. The Morgan fingerprint density at radius 1 is 1.35 bits per heavy atom. The largest absolute Gasteiger partial charge is 0.339 e. The van der Waals surface area contributed by atoms with Gasteiger partial charge in [-0.05, 0) is 36.2 Å². The lowest BCUT2D eigenvalue weighted by Crippen LogP contribution is -2.59. The van der Waals surface area contributed by atoms with Crippen LogP contribution < -0.4 is 5.32 Å². The van der Waals surface area contributed by atoms with Crippen molar-refractivity contribution in [2.24, 2.45) is 5.41 Å². The first-order valence-electron chi connectivity index (χ1n) is 8.33. The van der Waals surface area contributed by atoms with E-state index in [0.29, 0.717) is 5.91 Å². The van der Waals surface area contributed by atoms with Gasteiger partial charge in [0.05, 0.1) is 6.04 Å². The molecule has 0 spiro atoms. The summed E-state index contributed by atoms with van der Waals surface area (Å²) in [5, 5.41) is 5.58. The number of amides is 1. The van der Waals surface area contributed by atoms with Gasteiger partial charge in [0, 0.05) is 37.6 Å². The van der Waals surface area contributed by atoms with Gasteiger partial charge in [0.25, 0.3) is 0 Å². The summed E-state index contributed by atoms with van der Waals surface area (Å²) in [4.78, 5) is 18.8. The monoisotopic (exact) mass is 357 g/mol. The van der Waals surface area contributed by atoms with Crippen LogP contribution in [0.25, 0.3) is 0 Å². The van der Waals surface area contributed by atoms with E-state index in [-0.39, 0.29) is 23.9 Å². The second-order valence-electron chi connectivity index (χ2n) is 7.16. The Hall–Kier alpha value is -0.620. The Labute approximate surface area is 149 Å². The Morgan fingerprint density at radius 2 is 2.09 bits per heavy atom. The summed E-state index contributed by atoms with van der Waals surface area (Å²) in [7, 11) is 0. The molecule has 2 fully saturated rings. The number of rotatable bonds is 3. The smallest absolute Gasteiger partial charge is 0.240 e. The van der Waals surface area contributed by atoms with Crippen LogP contribution in [0.1, 0.15) is 31.6 Å². The van der Waals surface area contributed by atoms with Gasteiger partial charge in [-0.3, -0.25) is 9.69 Å². The third-order valence-electron chi connectivity index (χ3n) is 5.02. The van der Waals surface area contributed by atoms with E-state index in [0.717, 1.165) is 45.7 Å². The van der Waals surface area contributed by atoms with Gasteiger partial charge in [-0.15, -0.1) is 23.7 Å². The van der Waals surface area contributed by atoms with Crippen molar-refractivity contribution in [2.75, 3.05) is 32.7 Å². The standard InChI is InChI=1S/C17H27N3OS.ClH/c1-17(2)6-4-7-18-15(17)16(21)20-10-8-19(9-11-20)13-14-5-3-12-22-14;/h3,5,12,15,18H,4,6-11,13H2,1-2H3;1H. The molecule has 6 heteroatoms. The molecule has 1 aromatic heterocycles. The lowest BCUT2D eigenvalue weighted by atomic mass is 9.77. The third kappa shape index (κ3) is 4.47. The third-order valence-corrected chi connectivity index (χ3v) is 5.88. The molecule has 1 aromatic rings. The summed E-state index contributed by atoms with van der Waals surface area (Å²) in [6.07, 6.45) is 2.31. The van der Waals surface area contributed by atoms with E-state index < -0.39 is 0 Å². The van der Waals surface area contributed by atoms with Crippen molar-refractivity contribution in [1.29, 1.82) is 0 Å². The fourth-order valence-electron chi connectivity index (χ4n) is 3.56. The van der Waals surface area contributed by atoms with Gasteiger partial charge in [-0.25, -0.2) is 0 Å². The Balaban J connectivity index is 0.00000192. The molecule has 1 atom stereocenters. The van der Waals surface area contributed by atoms with Gasteiger partial charge in [0.1, 0.15) is 0 Å². The summed E-state index contributed by atoms with van der Waals surface area (Å²) in [6, 6.07) is 4.29. The van der Waals surface area contributed by atoms with Crippen LogP contribution in [0.3, 0.4) is 0 Å². The second-order valence-corrected chi connectivity index (χ2v) is 8.19. The highest BCUT2D eigenvalue weighted by molar-refractivity contribution is 7.09. The van der Waals surface area contributed by atoms with Crippen LogP contribution in [-0.4, -0.2) is 54.5 Å². The van der Waals surface area contributed by atoms with Crippen molar-refractivity contribution < 1.29 is 4.79 Å². The number of hydrogen-bond acceptors (Lipinski definition) is 4. The lowest BCUT2D eigenvalue weighted by molar-refractivity contribution is -0.139. The summed E-state index contributed by atoms with van der Waals surface area (Å²) in [6.45, 7) is 10.1. The number of carbonyl (C=O) groups excluding carboxylic acids is 1. The average Bonchev–Trinajstić information content (AvgIpc) is 3.00. The maximum atomic E-state index is 12.8. The summed E-state index contributed by atoms with van der Waals surface area (Å²) >= 11 is 1.81. The minimum atomic E-state index is -0.00917. The van der Waals surface area contributed by atoms with Crippen molar-refractivity contribution in [3.63, 3.8) is 0 Å². The van der Waals surface area contributed by atoms with E-state index in [1.165, 1.54) is 11.3 Å². The topological polar surface area (TPSA) is 35.6 Å². The van der Waals surface area contributed by atoms with E-state index in [1.807, 2.05) is 11.3 Å². The molecule has 2 aliphatic heterocycles. The van der Waals surface area contributed by atoms with Crippen molar-refractivity contribution in [3.8, 4) is 0 Å². The van der Waals surface area contributed by atoms with Crippen LogP contribution in [0.5, 0.6) is 0 Å². The Morgan fingerprint density at radius 3 is 2.70 bits per heavy atom. The molecule has 4 nitrogen and oxygen atoms in total. The maximum Gasteiger partial charge on any atom is 0.240 e. The van der Waals surface area contributed by atoms with Crippen molar-refractivity contribution >= 4 is 29.7 Å². The van der Waals surface area contributed by atoms with Crippen LogP contribution in [0.15, 0.2) is 17.5 Å². The Bertz CT molecular complexity index is 498. The van der Waals surface area contributed by atoms with Crippen molar-refractivity contribution in [3.05, 3.63) is 22.4 Å². The van der Waals surface area contributed by atoms with Crippen LogP contribution in [-0.2, 0) is 11.3 Å². The molecule has 0 aromatic carbocycles. The zero-order chi connectivity index (χ0) is 15.6. The number of nitrogens with one attached hydrogen (secondary N) is 1.